The normalized spacial score (nSPS) is 14.2. The number of urea groups is 1. The number of ether oxygens (including phenoxy) is 3. The molecule has 0 unspecified atom stereocenters. The van der Waals surface area contributed by atoms with Crippen LogP contribution in [0.5, 0.6) is 17.2 Å². The van der Waals surface area contributed by atoms with E-state index in [1.807, 2.05) is 6.92 Å². The smallest absolute Gasteiger partial charge is 0.335 e. The zero-order valence-corrected chi connectivity index (χ0v) is 20.7. The van der Waals surface area contributed by atoms with Gasteiger partial charge in [0.05, 0.1) is 19.4 Å². The van der Waals surface area contributed by atoms with Crippen LogP contribution < -0.4 is 29.7 Å². The Morgan fingerprint density at radius 3 is 2.32 bits per heavy atom. The molecule has 1 fully saturated rings. The summed E-state index contributed by atoms with van der Waals surface area (Å²) in [4.78, 5) is 51.2. The Kier molecular flexibility index (Phi) is 8.02. The molecular weight excluding hydrogens is 490 g/mol. The summed E-state index contributed by atoms with van der Waals surface area (Å²) in [7, 11) is 1.56. The van der Waals surface area contributed by atoms with Gasteiger partial charge in [0, 0.05) is 5.69 Å². The summed E-state index contributed by atoms with van der Waals surface area (Å²) in [5.74, 6) is -0.345. The van der Waals surface area contributed by atoms with Gasteiger partial charge in [-0.05, 0) is 79.2 Å². The molecule has 0 aromatic heterocycles. The molecule has 0 saturated carbocycles. The first-order valence-corrected chi connectivity index (χ1v) is 11.7. The van der Waals surface area contributed by atoms with Crippen LogP contribution in [0.2, 0.25) is 0 Å². The van der Waals surface area contributed by atoms with Gasteiger partial charge in [-0.25, -0.2) is 9.69 Å². The van der Waals surface area contributed by atoms with Gasteiger partial charge in [0.25, 0.3) is 17.7 Å². The van der Waals surface area contributed by atoms with E-state index >= 15 is 0 Å². The average Bonchev–Trinajstić information content (AvgIpc) is 2.91. The van der Waals surface area contributed by atoms with Crippen LogP contribution in [0, 0.1) is 0 Å². The minimum atomic E-state index is -0.846. The van der Waals surface area contributed by atoms with Crippen molar-refractivity contribution < 1.29 is 33.4 Å². The molecule has 1 aliphatic rings. The van der Waals surface area contributed by atoms with Crippen LogP contribution in [0.1, 0.15) is 12.5 Å². The minimum Gasteiger partial charge on any atom is -0.497 e. The molecule has 0 bridgehead atoms. The van der Waals surface area contributed by atoms with E-state index in [1.54, 1.807) is 79.9 Å². The third-order valence-electron chi connectivity index (χ3n) is 5.42. The lowest BCUT2D eigenvalue weighted by atomic mass is 10.1. The molecule has 0 aliphatic carbocycles. The van der Waals surface area contributed by atoms with Crippen molar-refractivity contribution in [3.63, 3.8) is 0 Å². The third-order valence-corrected chi connectivity index (χ3v) is 5.42. The molecule has 10 heteroatoms. The van der Waals surface area contributed by atoms with Crippen LogP contribution in [0.4, 0.5) is 16.2 Å². The van der Waals surface area contributed by atoms with E-state index in [0.29, 0.717) is 35.1 Å². The van der Waals surface area contributed by atoms with E-state index in [4.69, 9.17) is 14.2 Å². The Morgan fingerprint density at radius 1 is 0.921 bits per heavy atom. The van der Waals surface area contributed by atoms with Crippen LogP contribution in [0.15, 0.2) is 78.4 Å². The molecule has 3 aromatic carbocycles. The van der Waals surface area contributed by atoms with Crippen molar-refractivity contribution in [1.82, 2.24) is 5.32 Å². The summed E-state index contributed by atoms with van der Waals surface area (Å²) in [5, 5.41) is 4.91. The summed E-state index contributed by atoms with van der Waals surface area (Å²) in [6, 6.07) is 18.9. The van der Waals surface area contributed by atoms with Crippen LogP contribution in [-0.2, 0) is 14.4 Å². The van der Waals surface area contributed by atoms with E-state index in [2.05, 4.69) is 10.6 Å². The van der Waals surface area contributed by atoms with Crippen LogP contribution in [0.3, 0.4) is 0 Å². The van der Waals surface area contributed by atoms with Gasteiger partial charge >= 0.3 is 6.03 Å². The van der Waals surface area contributed by atoms with Gasteiger partial charge in [-0.15, -0.1) is 0 Å². The second-order valence-electron chi connectivity index (χ2n) is 8.02. The van der Waals surface area contributed by atoms with Crippen molar-refractivity contribution in [2.24, 2.45) is 0 Å². The lowest BCUT2D eigenvalue weighted by molar-refractivity contribution is -0.122. The largest absolute Gasteiger partial charge is 0.497 e. The number of carbonyl (C=O) groups is 4. The second-order valence-corrected chi connectivity index (χ2v) is 8.02. The molecular formula is C28H25N3O7. The van der Waals surface area contributed by atoms with E-state index in [-0.39, 0.29) is 23.8 Å². The number of nitrogens with one attached hydrogen (secondary N) is 2. The quantitative estimate of drug-likeness (QED) is 0.328. The molecule has 10 nitrogen and oxygen atoms in total. The van der Waals surface area contributed by atoms with Gasteiger partial charge in [-0.2, -0.15) is 0 Å². The molecule has 5 amide bonds. The summed E-state index contributed by atoms with van der Waals surface area (Å²) >= 11 is 0. The van der Waals surface area contributed by atoms with Crippen LogP contribution >= 0.6 is 0 Å². The van der Waals surface area contributed by atoms with Crippen molar-refractivity contribution in [2.75, 3.05) is 30.5 Å². The highest BCUT2D eigenvalue weighted by Gasteiger charge is 2.36. The number of rotatable bonds is 9. The molecule has 2 N–H and O–H groups in total. The fourth-order valence-corrected chi connectivity index (χ4v) is 3.63. The van der Waals surface area contributed by atoms with Gasteiger partial charge in [-0.3, -0.25) is 19.7 Å². The molecule has 0 radical (unpaired) electrons. The number of amides is 5. The number of benzene rings is 3. The zero-order chi connectivity index (χ0) is 27.1. The van der Waals surface area contributed by atoms with Gasteiger partial charge in [0.15, 0.2) is 6.61 Å². The lowest BCUT2D eigenvalue weighted by Gasteiger charge is -2.26. The first-order valence-electron chi connectivity index (χ1n) is 11.7. The Labute approximate surface area is 218 Å². The van der Waals surface area contributed by atoms with Crippen LogP contribution in [-0.4, -0.2) is 44.1 Å². The van der Waals surface area contributed by atoms with E-state index in [1.165, 1.54) is 6.08 Å². The summed E-state index contributed by atoms with van der Waals surface area (Å²) in [5.41, 5.74) is 1.12. The van der Waals surface area contributed by atoms with Gasteiger partial charge in [-0.1, -0.05) is 12.1 Å². The minimum absolute atomic E-state index is 0.229. The van der Waals surface area contributed by atoms with Gasteiger partial charge in [0.2, 0.25) is 0 Å². The van der Waals surface area contributed by atoms with Gasteiger partial charge < -0.3 is 19.5 Å². The molecule has 1 aliphatic heterocycles. The number of imide groups is 2. The molecule has 0 atom stereocenters. The number of nitrogens with zero attached hydrogens (tertiary/aromatic N) is 1. The Balaban J connectivity index is 1.45. The standard InChI is InChI=1S/C28H25N3O7/c1-3-37-22-13-9-20(10-14-22)31-27(34)24(26(33)30-28(31)35)16-18-5-4-6-23(15-18)38-17-25(32)29-19-7-11-21(36-2)12-8-19/h4-16H,3,17H2,1-2H3,(H,29,32)(H,30,33,35)/b24-16+. The Hall–Kier alpha value is -5.12. The maximum atomic E-state index is 13.1. The number of carbonyl (C=O) groups excluding carboxylic acids is 4. The Bertz CT molecular complexity index is 1380. The molecule has 1 heterocycles. The van der Waals surface area contributed by atoms with Crippen molar-refractivity contribution in [3.8, 4) is 17.2 Å². The van der Waals surface area contributed by atoms with Gasteiger partial charge in [0.1, 0.15) is 22.8 Å². The number of barbiturate groups is 1. The number of hydrogen-bond donors (Lipinski definition) is 2. The number of methoxy groups -OCH3 is 1. The number of hydrogen-bond acceptors (Lipinski definition) is 7. The van der Waals surface area contributed by atoms with E-state index in [0.717, 1.165) is 4.90 Å². The molecule has 4 rings (SSSR count). The molecule has 38 heavy (non-hydrogen) atoms. The predicted molar refractivity (Wildman–Crippen MR) is 140 cm³/mol. The highest BCUT2D eigenvalue weighted by Crippen LogP contribution is 2.25. The van der Waals surface area contributed by atoms with Crippen molar-refractivity contribution in [3.05, 3.63) is 83.9 Å². The fourth-order valence-electron chi connectivity index (χ4n) is 3.63. The topological polar surface area (TPSA) is 123 Å². The van der Waals surface area contributed by atoms with E-state index < -0.39 is 17.8 Å². The second kappa shape index (κ2) is 11.7. The third kappa shape index (κ3) is 6.16. The molecule has 3 aromatic rings. The predicted octanol–water partition coefficient (Wildman–Crippen LogP) is 3.78. The molecule has 194 valence electrons. The van der Waals surface area contributed by atoms with E-state index in [9.17, 15) is 19.2 Å². The SMILES string of the molecule is CCOc1ccc(N2C(=O)NC(=O)/C(=C\c3cccc(OCC(=O)Nc4ccc(OC)cc4)c3)C2=O)cc1. The summed E-state index contributed by atoms with van der Waals surface area (Å²) in [6.07, 6.45) is 1.36. The summed E-state index contributed by atoms with van der Waals surface area (Å²) in [6.45, 7) is 2.06. The maximum Gasteiger partial charge on any atom is 0.335 e. The Morgan fingerprint density at radius 2 is 1.63 bits per heavy atom. The zero-order valence-electron chi connectivity index (χ0n) is 20.7. The molecule has 0 spiro atoms. The first-order chi connectivity index (χ1) is 18.4. The van der Waals surface area contributed by atoms with Crippen molar-refractivity contribution in [1.29, 1.82) is 0 Å². The maximum absolute atomic E-state index is 13.1. The molecule has 1 saturated heterocycles. The highest BCUT2D eigenvalue weighted by atomic mass is 16.5. The fraction of sp³-hybridized carbons (Fsp3) is 0.143. The number of anilines is 2. The van der Waals surface area contributed by atoms with Crippen molar-refractivity contribution in [2.45, 2.75) is 6.92 Å². The average molecular weight is 516 g/mol. The monoisotopic (exact) mass is 515 g/mol. The van der Waals surface area contributed by atoms with Crippen LogP contribution in [0.25, 0.3) is 6.08 Å². The van der Waals surface area contributed by atoms with Crippen molar-refractivity contribution >= 4 is 41.2 Å². The first kappa shape index (κ1) is 26.0. The highest BCUT2D eigenvalue weighted by molar-refractivity contribution is 6.39. The lowest BCUT2D eigenvalue weighted by Crippen LogP contribution is -2.54. The summed E-state index contributed by atoms with van der Waals surface area (Å²) < 4.78 is 16.1.